The van der Waals surface area contributed by atoms with E-state index >= 15 is 0 Å². The summed E-state index contributed by atoms with van der Waals surface area (Å²) < 4.78 is 0. The van der Waals surface area contributed by atoms with Crippen LogP contribution in [-0.2, 0) is 0 Å². The van der Waals surface area contributed by atoms with Crippen LogP contribution >= 0.6 is 0 Å². The fraction of sp³-hybridized carbons (Fsp3) is 0.667. The Bertz CT molecular complexity index is 500. The molecule has 1 aromatic heterocycles. The molecule has 0 unspecified atom stereocenters. The second-order valence-corrected chi connectivity index (χ2v) is 6.53. The first-order chi connectivity index (χ1) is 11.3. The molecule has 0 aromatic carbocycles. The maximum atomic E-state index is 12.6. The average molecular weight is 316 g/mol. The second kappa shape index (κ2) is 7.77. The number of hydrogen-bond donors (Lipinski definition) is 0. The van der Waals surface area contributed by atoms with Crippen molar-refractivity contribution in [2.75, 3.05) is 50.7 Å². The first kappa shape index (κ1) is 16.2. The van der Waals surface area contributed by atoms with Gasteiger partial charge < -0.3 is 14.7 Å². The number of piperazine rings is 1. The lowest BCUT2D eigenvalue weighted by Gasteiger charge is -2.35. The molecule has 0 N–H and O–H groups in total. The molecule has 0 atom stereocenters. The highest BCUT2D eigenvalue weighted by Gasteiger charge is 2.20. The van der Waals surface area contributed by atoms with Gasteiger partial charge in [0.25, 0.3) is 5.91 Å². The monoisotopic (exact) mass is 316 g/mol. The van der Waals surface area contributed by atoms with Gasteiger partial charge in [0.05, 0.1) is 11.9 Å². The quantitative estimate of drug-likeness (QED) is 0.857. The van der Waals surface area contributed by atoms with Gasteiger partial charge >= 0.3 is 0 Å². The molecule has 5 nitrogen and oxygen atoms in total. The van der Waals surface area contributed by atoms with E-state index in [9.17, 15) is 4.79 Å². The largest absolute Gasteiger partial charge is 0.368 e. The summed E-state index contributed by atoms with van der Waals surface area (Å²) in [6, 6.07) is 3.95. The molecule has 0 spiro atoms. The summed E-state index contributed by atoms with van der Waals surface area (Å²) >= 11 is 0. The second-order valence-electron chi connectivity index (χ2n) is 6.53. The van der Waals surface area contributed by atoms with Gasteiger partial charge in [0, 0.05) is 39.3 Å². The maximum absolute atomic E-state index is 12.6. The van der Waals surface area contributed by atoms with E-state index in [4.69, 9.17) is 0 Å². The molecule has 5 heteroatoms. The topological polar surface area (TPSA) is 39.7 Å². The van der Waals surface area contributed by atoms with Crippen LogP contribution in [0.15, 0.2) is 18.3 Å². The minimum absolute atomic E-state index is 0.0919. The summed E-state index contributed by atoms with van der Waals surface area (Å²) in [5, 5.41) is 0. The summed E-state index contributed by atoms with van der Waals surface area (Å²) in [5.41, 5.74) is 1.72. The molecule has 1 aromatic rings. The van der Waals surface area contributed by atoms with Crippen LogP contribution in [0.1, 0.15) is 43.1 Å². The molecule has 3 rings (SSSR count). The molecule has 1 amide bonds. The average Bonchev–Trinajstić information content (AvgIpc) is 2.91. The molecule has 0 aliphatic carbocycles. The highest BCUT2D eigenvalue weighted by atomic mass is 16.2. The third-order valence-corrected chi connectivity index (χ3v) is 5.04. The molecule has 2 fully saturated rings. The van der Waals surface area contributed by atoms with E-state index in [2.05, 4.69) is 27.8 Å². The lowest BCUT2D eigenvalue weighted by atomic mass is 10.2. The molecule has 126 valence electrons. The molecular weight excluding hydrogens is 288 g/mol. The highest BCUT2D eigenvalue weighted by Crippen LogP contribution is 2.17. The minimum Gasteiger partial charge on any atom is -0.368 e. The van der Waals surface area contributed by atoms with Crippen LogP contribution in [0.3, 0.4) is 0 Å². The maximum Gasteiger partial charge on any atom is 0.272 e. The Morgan fingerprint density at radius 1 is 1.00 bits per heavy atom. The Morgan fingerprint density at radius 3 is 2.26 bits per heavy atom. The molecule has 0 radical (unpaired) electrons. The Kier molecular flexibility index (Phi) is 5.49. The van der Waals surface area contributed by atoms with Crippen molar-refractivity contribution in [1.29, 1.82) is 0 Å². The lowest BCUT2D eigenvalue weighted by molar-refractivity contribution is 0.0756. The number of carbonyl (C=O) groups excluding carboxylic acids is 1. The van der Waals surface area contributed by atoms with Crippen LogP contribution in [0.5, 0.6) is 0 Å². The number of aromatic nitrogens is 1. The standard InChI is InChI=1S/C18H28N4O/c1-2-20-11-13-21(14-12-20)16-7-8-17(19-15-16)18(23)22-9-5-3-4-6-10-22/h7-8,15H,2-6,9-14H2,1H3. The summed E-state index contributed by atoms with van der Waals surface area (Å²) in [4.78, 5) is 23.8. The van der Waals surface area contributed by atoms with Crippen LogP contribution in [0.25, 0.3) is 0 Å². The van der Waals surface area contributed by atoms with Gasteiger partial charge in [-0.15, -0.1) is 0 Å². The molecule has 2 aliphatic heterocycles. The number of likely N-dealkylation sites (N-methyl/N-ethyl adjacent to an activating group) is 1. The van der Waals surface area contributed by atoms with Crippen molar-refractivity contribution in [3.05, 3.63) is 24.0 Å². The molecule has 23 heavy (non-hydrogen) atoms. The zero-order chi connectivity index (χ0) is 16.1. The van der Waals surface area contributed by atoms with Gasteiger partial charge in [-0.3, -0.25) is 4.79 Å². The summed E-state index contributed by atoms with van der Waals surface area (Å²) in [6.07, 6.45) is 6.57. The Morgan fingerprint density at radius 2 is 1.70 bits per heavy atom. The Hall–Kier alpha value is -1.62. The predicted octanol–water partition coefficient (Wildman–Crippen LogP) is 2.24. The fourth-order valence-electron chi connectivity index (χ4n) is 3.46. The summed E-state index contributed by atoms with van der Waals surface area (Å²) in [7, 11) is 0. The smallest absolute Gasteiger partial charge is 0.272 e. The van der Waals surface area contributed by atoms with Gasteiger partial charge in [-0.25, -0.2) is 4.98 Å². The molecule has 2 aliphatic rings. The van der Waals surface area contributed by atoms with Crippen LogP contribution in [-0.4, -0.2) is 66.5 Å². The summed E-state index contributed by atoms with van der Waals surface area (Å²) in [5.74, 6) is 0.0919. The van der Waals surface area contributed by atoms with Crippen LogP contribution in [0, 0.1) is 0 Å². The van der Waals surface area contributed by atoms with E-state index in [1.807, 2.05) is 17.2 Å². The van der Waals surface area contributed by atoms with Gasteiger partial charge in [0.2, 0.25) is 0 Å². The van der Waals surface area contributed by atoms with Crippen molar-refractivity contribution < 1.29 is 4.79 Å². The van der Waals surface area contributed by atoms with Gasteiger partial charge in [-0.1, -0.05) is 19.8 Å². The van der Waals surface area contributed by atoms with Crippen molar-refractivity contribution in [3.63, 3.8) is 0 Å². The first-order valence-electron chi connectivity index (χ1n) is 9.00. The van der Waals surface area contributed by atoms with Crippen molar-refractivity contribution in [3.8, 4) is 0 Å². The number of hydrogen-bond acceptors (Lipinski definition) is 4. The fourth-order valence-corrected chi connectivity index (χ4v) is 3.46. The highest BCUT2D eigenvalue weighted by molar-refractivity contribution is 5.92. The van der Waals surface area contributed by atoms with Gasteiger partial charge in [-0.05, 0) is 31.5 Å². The zero-order valence-corrected chi connectivity index (χ0v) is 14.2. The van der Waals surface area contributed by atoms with E-state index in [-0.39, 0.29) is 5.91 Å². The predicted molar refractivity (Wildman–Crippen MR) is 92.9 cm³/mol. The van der Waals surface area contributed by atoms with Crippen LogP contribution in [0.4, 0.5) is 5.69 Å². The van der Waals surface area contributed by atoms with Gasteiger partial charge in [-0.2, -0.15) is 0 Å². The number of amides is 1. The van der Waals surface area contributed by atoms with E-state index in [1.54, 1.807) is 0 Å². The van der Waals surface area contributed by atoms with E-state index in [1.165, 1.54) is 12.8 Å². The molecule has 0 bridgehead atoms. The van der Waals surface area contributed by atoms with E-state index in [0.717, 1.165) is 64.3 Å². The van der Waals surface area contributed by atoms with Gasteiger partial charge in [0.15, 0.2) is 0 Å². The third kappa shape index (κ3) is 4.02. The van der Waals surface area contributed by atoms with E-state index in [0.29, 0.717) is 5.69 Å². The van der Waals surface area contributed by atoms with Crippen molar-refractivity contribution in [2.24, 2.45) is 0 Å². The van der Waals surface area contributed by atoms with Crippen molar-refractivity contribution >= 4 is 11.6 Å². The van der Waals surface area contributed by atoms with Crippen molar-refractivity contribution in [2.45, 2.75) is 32.6 Å². The zero-order valence-electron chi connectivity index (χ0n) is 14.2. The SMILES string of the molecule is CCN1CCN(c2ccc(C(=O)N3CCCCCC3)nc2)CC1. The minimum atomic E-state index is 0.0919. The molecule has 0 saturated carbocycles. The number of likely N-dealkylation sites (tertiary alicyclic amines) is 1. The van der Waals surface area contributed by atoms with Crippen molar-refractivity contribution in [1.82, 2.24) is 14.8 Å². The summed E-state index contributed by atoms with van der Waals surface area (Å²) in [6.45, 7) is 9.36. The number of nitrogens with zero attached hydrogens (tertiary/aromatic N) is 4. The van der Waals surface area contributed by atoms with E-state index < -0.39 is 0 Å². The number of anilines is 1. The number of pyridine rings is 1. The lowest BCUT2D eigenvalue weighted by Crippen LogP contribution is -2.46. The third-order valence-electron chi connectivity index (χ3n) is 5.04. The van der Waals surface area contributed by atoms with Crippen LogP contribution in [0.2, 0.25) is 0 Å². The first-order valence-corrected chi connectivity index (χ1v) is 9.00. The normalized spacial score (nSPS) is 20.4. The number of rotatable bonds is 3. The molecular formula is C18H28N4O. The molecule has 2 saturated heterocycles. The Labute approximate surface area is 139 Å². The van der Waals surface area contributed by atoms with Gasteiger partial charge in [0.1, 0.15) is 5.69 Å². The number of carbonyl (C=O) groups is 1. The Balaban J connectivity index is 1.61. The molecule has 3 heterocycles. The van der Waals surface area contributed by atoms with Crippen LogP contribution < -0.4 is 4.90 Å².